The van der Waals surface area contributed by atoms with Gasteiger partial charge in [0.05, 0.1) is 11.0 Å². The van der Waals surface area contributed by atoms with E-state index in [4.69, 9.17) is 5.73 Å². The minimum absolute atomic E-state index is 0.0682. The third kappa shape index (κ3) is 4.32. The van der Waals surface area contributed by atoms with Crippen LogP contribution in [0, 0.1) is 10.1 Å². The number of hydrogen-bond donors (Lipinski definition) is 3. The van der Waals surface area contributed by atoms with Gasteiger partial charge in [-0.3, -0.25) is 19.7 Å². The van der Waals surface area contributed by atoms with E-state index in [1.807, 2.05) is 0 Å². The van der Waals surface area contributed by atoms with Gasteiger partial charge in [0.25, 0.3) is 5.69 Å². The largest absolute Gasteiger partial charge is 0.343 e. The monoisotopic (exact) mass is 280 g/mol. The number of nitrogens with two attached hydrogens (primary N) is 1. The van der Waals surface area contributed by atoms with Crippen LogP contribution in [0.5, 0.6) is 0 Å². The van der Waals surface area contributed by atoms with Gasteiger partial charge in [-0.15, -0.1) is 0 Å². The molecule has 1 aromatic rings. The van der Waals surface area contributed by atoms with Crippen LogP contribution in [0.15, 0.2) is 24.3 Å². The van der Waals surface area contributed by atoms with Crippen LogP contribution in [0.25, 0.3) is 0 Å². The molecular weight excluding hydrogens is 264 g/mol. The van der Waals surface area contributed by atoms with E-state index in [0.717, 1.165) is 0 Å². The zero-order chi connectivity index (χ0) is 15.3. The predicted molar refractivity (Wildman–Crippen MR) is 73.0 cm³/mol. The Morgan fingerprint density at radius 1 is 1.20 bits per heavy atom. The van der Waals surface area contributed by atoms with Crippen molar-refractivity contribution < 1.29 is 14.5 Å². The quantitative estimate of drug-likeness (QED) is 0.531. The van der Waals surface area contributed by atoms with Crippen LogP contribution in [0.1, 0.15) is 13.8 Å². The van der Waals surface area contributed by atoms with Crippen molar-refractivity contribution in [3.05, 3.63) is 34.4 Å². The lowest BCUT2D eigenvalue weighted by atomic mass is 10.2. The zero-order valence-electron chi connectivity index (χ0n) is 11.1. The SMILES string of the molecule is C[C@H](NC(=O)[C@@H](C)N)C(=O)Nc1ccc([N+](=O)[O-])cc1. The van der Waals surface area contributed by atoms with Crippen LogP contribution in [-0.2, 0) is 9.59 Å². The first-order chi connectivity index (χ1) is 9.31. The van der Waals surface area contributed by atoms with E-state index in [-0.39, 0.29) is 5.69 Å². The Kier molecular flexibility index (Phi) is 5.15. The van der Waals surface area contributed by atoms with Gasteiger partial charge in [-0.25, -0.2) is 0 Å². The van der Waals surface area contributed by atoms with Gasteiger partial charge in [-0.05, 0) is 26.0 Å². The molecule has 2 amide bonds. The van der Waals surface area contributed by atoms with Crippen molar-refractivity contribution in [2.24, 2.45) is 5.73 Å². The maximum absolute atomic E-state index is 11.8. The summed E-state index contributed by atoms with van der Waals surface area (Å²) in [6.45, 7) is 3.03. The summed E-state index contributed by atoms with van der Waals surface area (Å²) in [6, 6.07) is 3.92. The summed E-state index contributed by atoms with van der Waals surface area (Å²) in [5, 5.41) is 15.5. The molecule has 0 bridgehead atoms. The van der Waals surface area contributed by atoms with Gasteiger partial charge in [0, 0.05) is 17.8 Å². The summed E-state index contributed by atoms with van der Waals surface area (Å²) in [5.41, 5.74) is 5.71. The molecule has 1 aromatic carbocycles. The van der Waals surface area contributed by atoms with Gasteiger partial charge >= 0.3 is 0 Å². The van der Waals surface area contributed by atoms with Crippen molar-refractivity contribution in [3.8, 4) is 0 Å². The maximum Gasteiger partial charge on any atom is 0.269 e. The number of carbonyl (C=O) groups excluding carboxylic acids is 2. The summed E-state index contributed by atoms with van der Waals surface area (Å²) in [5.74, 6) is -0.871. The number of rotatable bonds is 5. The molecule has 0 aromatic heterocycles. The first-order valence-electron chi connectivity index (χ1n) is 5.92. The van der Waals surface area contributed by atoms with Gasteiger partial charge in [-0.1, -0.05) is 0 Å². The molecule has 0 radical (unpaired) electrons. The van der Waals surface area contributed by atoms with E-state index in [2.05, 4.69) is 10.6 Å². The fourth-order valence-corrected chi connectivity index (χ4v) is 1.33. The van der Waals surface area contributed by atoms with Gasteiger partial charge in [-0.2, -0.15) is 0 Å². The normalized spacial score (nSPS) is 13.2. The molecule has 1 rings (SSSR count). The molecule has 2 atom stereocenters. The molecule has 8 heteroatoms. The second kappa shape index (κ2) is 6.62. The first-order valence-corrected chi connectivity index (χ1v) is 5.92. The fourth-order valence-electron chi connectivity index (χ4n) is 1.33. The zero-order valence-corrected chi connectivity index (χ0v) is 11.1. The summed E-state index contributed by atoms with van der Waals surface area (Å²) in [4.78, 5) is 33.1. The standard InChI is InChI=1S/C12H16N4O4/c1-7(13)11(17)14-8(2)12(18)15-9-3-5-10(6-4-9)16(19)20/h3-8H,13H2,1-2H3,(H,14,17)(H,15,18)/t7-,8+/m1/s1. The maximum atomic E-state index is 11.8. The number of nitro groups is 1. The Labute approximate surface area is 115 Å². The van der Waals surface area contributed by atoms with Gasteiger partial charge in [0.2, 0.25) is 11.8 Å². The molecule has 108 valence electrons. The number of amides is 2. The van der Waals surface area contributed by atoms with Crippen LogP contribution in [0.2, 0.25) is 0 Å². The molecule has 0 fully saturated rings. The Bertz CT molecular complexity index is 513. The molecule has 4 N–H and O–H groups in total. The van der Waals surface area contributed by atoms with E-state index in [0.29, 0.717) is 5.69 Å². The minimum atomic E-state index is -0.760. The summed E-state index contributed by atoms with van der Waals surface area (Å²) in [6.07, 6.45) is 0. The lowest BCUT2D eigenvalue weighted by Crippen LogP contribution is -2.47. The third-order valence-electron chi connectivity index (χ3n) is 2.51. The van der Waals surface area contributed by atoms with Crippen molar-refractivity contribution in [2.45, 2.75) is 25.9 Å². The molecule has 0 spiro atoms. The molecule has 0 aliphatic carbocycles. The molecule has 0 unspecified atom stereocenters. The van der Waals surface area contributed by atoms with Crippen molar-refractivity contribution in [3.63, 3.8) is 0 Å². The number of nitrogens with one attached hydrogen (secondary N) is 2. The Morgan fingerprint density at radius 2 is 1.75 bits per heavy atom. The van der Waals surface area contributed by atoms with Gasteiger partial charge in [0.1, 0.15) is 6.04 Å². The van der Waals surface area contributed by atoms with Crippen LogP contribution < -0.4 is 16.4 Å². The number of nitro benzene ring substituents is 1. The average Bonchev–Trinajstić information content (AvgIpc) is 2.38. The highest BCUT2D eigenvalue weighted by Crippen LogP contribution is 2.15. The van der Waals surface area contributed by atoms with Crippen LogP contribution in [0.3, 0.4) is 0 Å². The van der Waals surface area contributed by atoms with E-state index < -0.39 is 28.8 Å². The van der Waals surface area contributed by atoms with Crippen molar-refractivity contribution >= 4 is 23.2 Å². The summed E-state index contributed by atoms with van der Waals surface area (Å²) in [7, 11) is 0. The number of nitrogens with zero attached hydrogens (tertiary/aromatic N) is 1. The second-order valence-corrected chi connectivity index (χ2v) is 4.31. The van der Waals surface area contributed by atoms with E-state index in [1.165, 1.54) is 38.1 Å². The van der Waals surface area contributed by atoms with Crippen LogP contribution in [0.4, 0.5) is 11.4 Å². The van der Waals surface area contributed by atoms with Crippen molar-refractivity contribution in [1.29, 1.82) is 0 Å². The minimum Gasteiger partial charge on any atom is -0.343 e. The molecule has 8 nitrogen and oxygen atoms in total. The summed E-state index contributed by atoms with van der Waals surface area (Å²) >= 11 is 0. The Balaban J connectivity index is 2.61. The Hall–Kier alpha value is -2.48. The lowest BCUT2D eigenvalue weighted by Gasteiger charge is -2.15. The smallest absolute Gasteiger partial charge is 0.269 e. The number of benzene rings is 1. The highest BCUT2D eigenvalue weighted by Gasteiger charge is 2.17. The molecule has 0 saturated carbocycles. The molecular formula is C12H16N4O4. The van der Waals surface area contributed by atoms with Crippen LogP contribution >= 0.6 is 0 Å². The first kappa shape index (κ1) is 15.6. The van der Waals surface area contributed by atoms with Crippen LogP contribution in [-0.4, -0.2) is 28.8 Å². The topological polar surface area (TPSA) is 127 Å². The van der Waals surface area contributed by atoms with Gasteiger partial charge in [0.15, 0.2) is 0 Å². The highest BCUT2D eigenvalue weighted by atomic mass is 16.6. The lowest BCUT2D eigenvalue weighted by molar-refractivity contribution is -0.384. The average molecular weight is 280 g/mol. The van der Waals surface area contributed by atoms with E-state index in [1.54, 1.807) is 0 Å². The number of anilines is 1. The number of carbonyl (C=O) groups is 2. The number of hydrogen-bond acceptors (Lipinski definition) is 5. The molecule has 0 saturated heterocycles. The summed E-state index contributed by atoms with van der Waals surface area (Å²) < 4.78 is 0. The Morgan fingerprint density at radius 3 is 2.20 bits per heavy atom. The number of non-ortho nitro benzene ring substituents is 1. The van der Waals surface area contributed by atoms with Crippen molar-refractivity contribution in [2.75, 3.05) is 5.32 Å². The predicted octanol–water partition coefficient (Wildman–Crippen LogP) is 0.385. The highest BCUT2D eigenvalue weighted by molar-refractivity contribution is 5.97. The van der Waals surface area contributed by atoms with E-state index >= 15 is 0 Å². The molecule has 0 aliphatic heterocycles. The van der Waals surface area contributed by atoms with Crippen molar-refractivity contribution in [1.82, 2.24) is 5.32 Å². The molecule has 0 aliphatic rings. The van der Waals surface area contributed by atoms with Gasteiger partial charge < -0.3 is 16.4 Å². The molecule has 0 heterocycles. The fraction of sp³-hybridized carbons (Fsp3) is 0.333. The third-order valence-corrected chi connectivity index (χ3v) is 2.51. The van der Waals surface area contributed by atoms with E-state index in [9.17, 15) is 19.7 Å². The second-order valence-electron chi connectivity index (χ2n) is 4.31. The molecule has 20 heavy (non-hydrogen) atoms.